The molecule has 2 amide bonds. The number of nitrogens with zero attached hydrogens (tertiary/aromatic N) is 2. The van der Waals surface area contributed by atoms with Crippen LogP contribution in [0.5, 0.6) is 0 Å². The number of amides is 2. The van der Waals surface area contributed by atoms with Crippen molar-refractivity contribution in [1.82, 2.24) is 9.88 Å². The smallest absolute Gasteiger partial charge is 0.256 e. The van der Waals surface area contributed by atoms with Crippen molar-refractivity contribution in [3.05, 3.63) is 47.4 Å². The number of hydrogen-bond donors (Lipinski definition) is 2. The summed E-state index contributed by atoms with van der Waals surface area (Å²) in [6.45, 7) is 2.60. The number of carbonyl (C=O) groups is 2. The second-order valence-corrected chi connectivity index (χ2v) is 8.72. The molecule has 1 aliphatic heterocycles. The van der Waals surface area contributed by atoms with Crippen LogP contribution in [0.2, 0.25) is 0 Å². The fourth-order valence-electron chi connectivity index (χ4n) is 4.70. The van der Waals surface area contributed by atoms with Gasteiger partial charge in [0.25, 0.3) is 5.91 Å². The van der Waals surface area contributed by atoms with Gasteiger partial charge in [-0.15, -0.1) is 0 Å². The van der Waals surface area contributed by atoms with Gasteiger partial charge in [0.15, 0.2) is 0 Å². The third kappa shape index (κ3) is 2.96. The molecule has 0 unspecified atom stereocenters. The Hall–Kier alpha value is -2.96. The van der Waals surface area contributed by atoms with Crippen LogP contribution in [0.3, 0.4) is 0 Å². The summed E-state index contributed by atoms with van der Waals surface area (Å²) in [5.74, 6) is -0.456. The third-order valence-corrected chi connectivity index (χ3v) is 6.48. The van der Waals surface area contributed by atoms with Crippen LogP contribution < -0.4 is 11.1 Å². The number of aromatic nitrogens is 1. The number of nitrogens with one attached hydrogen (secondary N) is 1. The second-order valence-electron chi connectivity index (χ2n) is 8.72. The Morgan fingerprint density at radius 1 is 1.28 bits per heavy atom. The van der Waals surface area contributed by atoms with Crippen molar-refractivity contribution in [1.29, 1.82) is 0 Å². The molecule has 0 bridgehead atoms. The average molecular weight is 396 g/mol. The number of benzene rings is 1. The van der Waals surface area contributed by atoms with Crippen LogP contribution in [0, 0.1) is 11.2 Å². The van der Waals surface area contributed by atoms with Gasteiger partial charge in [0, 0.05) is 54.4 Å². The molecule has 2 aromatic rings. The maximum absolute atomic E-state index is 15.2. The minimum Gasteiger partial charge on any atom is -0.369 e. The zero-order valence-electron chi connectivity index (χ0n) is 16.9. The van der Waals surface area contributed by atoms with Gasteiger partial charge < -0.3 is 16.0 Å². The van der Waals surface area contributed by atoms with E-state index in [0.29, 0.717) is 24.1 Å². The molecule has 2 atom stereocenters. The van der Waals surface area contributed by atoms with Gasteiger partial charge in [-0.1, -0.05) is 19.1 Å². The summed E-state index contributed by atoms with van der Waals surface area (Å²) in [5, 5.41) is 3.33. The molecule has 0 radical (unpaired) electrons. The summed E-state index contributed by atoms with van der Waals surface area (Å²) in [5.41, 5.74) is 6.83. The molecule has 1 saturated carbocycles. The van der Waals surface area contributed by atoms with Crippen molar-refractivity contribution in [3.8, 4) is 11.1 Å². The topological polar surface area (TPSA) is 88.3 Å². The third-order valence-electron chi connectivity index (χ3n) is 6.48. The largest absolute Gasteiger partial charge is 0.369 e. The zero-order valence-corrected chi connectivity index (χ0v) is 16.9. The number of primary amides is 1. The number of anilines is 1. The Labute approximate surface area is 169 Å². The van der Waals surface area contributed by atoms with Gasteiger partial charge in [0.1, 0.15) is 11.6 Å². The molecule has 1 fully saturated rings. The van der Waals surface area contributed by atoms with Crippen LogP contribution in [0.25, 0.3) is 11.1 Å². The molecule has 1 spiro atoms. The molecular weight excluding hydrogens is 371 g/mol. The monoisotopic (exact) mass is 396 g/mol. The van der Waals surface area contributed by atoms with E-state index in [1.54, 1.807) is 32.4 Å². The predicted molar refractivity (Wildman–Crippen MR) is 109 cm³/mol. The van der Waals surface area contributed by atoms with Gasteiger partial charge in [0.2, 0.25) is 5.91 Å². The van der Waals surface area contributed by atoms with E-state index in [1.807, 2.05) is 13.0 Å². The molecule has 0 saturated heterocycles. The number of hydrogen-bond acceptors (Lipinski definition) is 4. The van der Waals surface area contributed by atoms with Crippen LogP contribution in [0.1, 0.15) is 42.1 Å². The first kappa shape index (κ1) is 19.4. The highest BCUT2D eigenvalue weighted by Gasteiger charge is 2.52. The first-order chi connectivity index (χ1) is 13.7. The highest BCUT2D eigenvalue weighted by atomic mass is 19.1. The molecule has 2 heterocycles. The van der Waals surface area contributed by atoms with Crippen LogP contribution in [-0.4, -0.2) is 42.3 Å². The normalized spacial score (nSPS) is 25.0. The zero-order chi connectivity index (χ0) is 21.0. The first-order valence-corrected chi connectivity index (χ1v) is 9.72. The quantitative estimate of drug-likeness (QED) is 0.835. The van der Waals surface area contributed by atoms with E-state index in [0.717, 1.165) is 24.2 Å². The molecule has 1 aliphatic carbocycles. The van der Waals surface area contributed by atoms with E-state index >= 15 is 4.39 Å². The molecule has 152 valence electrons. The first-order valence-electron chi connectivity index (χ1n) is 9.72. The fraction of sp³-hybridized carbons (Fsp3) is 0.409. The van der Waals surface area contributed by atoms with E-state index < -0.39 is 11.2 Å². The summed E-state index contributed by atoms with van der Waals surface area (Å²) in [4.78, 5) is 30.1. The predicted octanol–water partition coefficient (Wildman–Crippen LogP) is 2.93. The van der Waals surface area contributed by atoms with Crippen molar-refractivity contribution in [2.24, 2.45) is 11.1 Å². The lowest BCUT2D eigenvalue weighted by molar-refractivity contribution is -0.126. The lowest BCUT2D eigenvalue weighted by atomic mass is 9.76. The van der Waals surface area contributed by atoms with Gasteiger partial charge in [-0.05, 0) is 31.4 Å². The maximum atomic E-state index is 15.2. The summed E-state index contributed by atoms with van der Waals surface area (Å²) in [6.07, 6.45) is 3.80. The molecular formula is C22H25FN4O2. The van der Waals surface area contributed by atoms with Crippen LogP contribution >= 0.6 is 0 Å². The molecule has 2 aliphatic rings. The van der Waals surface area contributed by atoms with Crippen molar-refractivity contribution in [2.75, 3.05) is 26.0 Å². The number of rotatable bonds is 3. The Morgan fingerprint density at radius 2 is 2.03 bits per heavy atom. The molecule has 6 nitrogen and oxygen atoms in total. The van der Waals surface area contributed by atoms with E-state index in [-0.39, 0.29) is 22.8 Å². The van der Waals surface area contributed by atoms with Gasteiger partial charge in [-0.3, -0.25) is 9.59 Å². The van der Waals surface area contributed by atoms with E-state index in [9.17, 15) is 9.59 Å². The number of halogens is 1. The number of carbonyl (C=O) groups excluding carboxylic acids is 2. The fourth-order valence-corrected chi connectivity index (χ4v) is 4.70. The highest BCUT2D eigenvalue weighted by molar-refractivity contribution is 5.95. The highest BCUT2D eigenvalue weighted by Crippen LogP contribution is 2.54. The summed E-state index contributed by atoms with van der Waals surface area (Å²) in [7, 11) is 3.19. The Morgan fingerprint density at radius 3 is 2.69 bits per heavy atom. The standard InChI is InChI=1S/C22H25FN4O2/c1-21(20(24)29)7-8-22(11-21)12-26-18-16(22)9-13(10-25-18)14-5-4-6-15(17(14)23)19(28)27(2)3/h4-6,9-10H,7-8,11-12H2,1-3H3,(H2,24,29)(H,25,26)/t21-,22+/m1/s1. The summed E-state index contributed by atoms with van der Waals surface area (Å²) >= 11 is 0. The Bertz CT molecular complexity index is 1020. The number of nitrogens with two attached hydrogens (primary N) is 1. The lowest BCUT2D eigenvalue weighted by Gasteiger charge is -2.26. The maximum Gasteiger partial charge on any atom is 0.256 e. The molecule has 3 N–H and O–H groups in total. The molecule has 1 aromatic heterocycles. The molecule has 7 heteroatoms. The SMILES string of the molecule is CN(C)C(=O)c1cccc(-c2cnc3c(c2)[C@]2(CC[C@@](C)(C(N)=O)C2)CN3)c1F. The van der Waals surface area contributed by atoms with Gasteiger partial charge in [0.05, 0.1) is 5.56 Å². The number of pyridine rings is 1. The van der Waals surface area contributed by atoms with E-state index in [1.165, 1.54) is 11.0 Å². The van der Waals surface area contributed by atoms with Crippen LogP contribution in [-0.2, 0) is 10.2 Å². The van der Waals surface area contributed by atoms with Gasteiger partial charge in [-0.25, -0.2) is 9.37 Å². The van der Waals surface area contributed by atoms with E-state index in [2.05, 4.69) is 10.3 Å². The molecule has 29 heavy (non-hydrogen) atoms. The van der Waals surface area contributed by atoms with Crippen LogP contribution in [0.15, 0.2) is 30.5 Å². The summed E-state index contributed by atoms with van der Waals surface area (Å²) in [6, 6.07) is 6.76. The summed E-state index contributed by atoms with van der Waals surface area (Å²) < 4.78 is 15.2. The number of fused-ring (bicyclic) bond motifs is 2. The lowest BCUT2D eigenvalue weighted by Crippen LogP contribution is -2.35. The van der Waals surface area contributed by atoms with E-state index in [4.69, 9.17) is 5.73 Å². The van der Waals surface area contributed by atoms with Crippen LogP contribution in [0.4, 0.5) is 10.2 Å². The van der Waals surface area contributed by atoms with Gasteiger partial charge in [-0.2, -0.15) is 0 Å². The minimum atomic E-state index is -0.554. The average Bonchev–Trinajstić information content (AvgIpc) is 3.23. The second kappa shape index (κ2) is 6.54. The van der Waals surface area contributed by atoms with Gasteiger partial charge >= 0.3 is 0 Å². The Kier molecular flexibility index (Phi) is 4.37. The minimum absolute atomic E-state index is 0.0306. The molecule has 1 aromatic carbocycles. The van der Waals surface area contributed by atoms with Crippen molar-refractivity contribution in [2.45, 2.75) is 31.6 Å². The Balaban J connectivity index is 1.77. The molecule has 4 rings (SSSR count). The van der Waals surface area contributed by atoms with Crippen molar-refractivity contribution < 1.29 is 14.0 Å². The van der Waals surface area contributed by atoms with Crippen molar-refractivity contribution >= 4 is 17.6 Å². The van der Waals surface area contributed by atoms with Crippen molar-refractivity contribution in [3.63, 3.8) is 0 Å².